The van der Waals surface area contributed by atoms with Crippen LogP contribution in [0.5, 0.6) is 11.5 Å². The molecule has 3 aromatic heterocycles. The molecule has 0 bridgehead atoms. The third kappa shape index (κ3) is 8.52. The van der Waals surface area contributed by atoms with Crippen LogP contribution in [0.15, 0.2) is 84.2 Å². The molecular weight excluding hydrogens is 691 g/mol. The number of carbonyl (C=O) groups excluding carboxylic acids is 1. The quantitative estimate of drug-likeness (QED) is 0.145. The zero-order valence-electron chi connectivity index (χ0n) is 30.4. The van der Waals surface area contributed by atoms with Gasteiger partial charge in [0.15, 0.2) is 17.3 Å². The van der Waals surface area contributed by atoms with Crippen molar-refractivity contribution in [2.24, 2.45) is 5.92 Å². The van der Waals surface area contributed by atoms with Crippen LogP contribution in [0.4, 0.5) is 10.2 Å². The van der Waals surface area contributed by atoms with Crippen LogP contribution < -0.4 is 20.6 Å². The number of rotatable bonds is 12. The standard InChI is InChI=1S/C42H43FN4O7/c1-26-3-7-37(45-19-26)34-22-47(21-27-9-11-51-12-10-27)23-35(41(34)49)38(48)16-28-4-6-32(36(43)15-28)33-17-30(20-46-42(33)44)29-5-8-39(40(18-29)50-2)54-25-31-24-52-13-14-53-31/h3-8,15,17-20,22-23,27,31H,9-14,16,21,24-25H2,1-2H3,(H2,44,46)/t31-/m1/s1. The van der Waals surface area contributed by atoms with Crippen LogP contribution in [0, 0.1) is 18.7 Å². The van der Waals surface area contributed by atoms with E-state index in [1.54, 1.807) is 62.2 Å². The van der Waals surface area contributed by atoms with Crippen LogP contribution in [0.25, 0.3) is 33.5 Å². The topological polar surface area (TPSA) is 137 Å². The van der Waals surface area contributed by atoms with Crippen molar-refractivity contribution in [3.8, 4) is 45.0 Å². The highest BCUT2D eigenvalue weighted by Crippen LogP contribution is 2.36. The summed E-state index contributed by atoms with van der Waals surface area (Å²) >= 11 is 0. The van der Waals surface area contributed by atoms with Crippen LogP contribution in [0.3, 0.4) is 0 Å². The van der Waals surface area contributed by atoms with E-state index in [-0.39, 0.29) is 29.5 Å². The van der Waals surface area contributed by atoms with E-state index in [1.807, 2.05) is 29.7 Å². The number of ketones is 1. The monoisotopic (exact) mass is 734 g/mol. The van der Waals surface area contributed by atoms with Gasteiger partial charge in [0.2, 0.25) is 5.43 Å². The molecule has 2 aromatic carbocycles. The van der Waals surface area contributed by atoms with E-state index in [9.17, 15) is 9.59 Å². The van der Waals surface area contributed by atoms with Crippen LogP contribution in [0.2, 0.25) is 0 Å². The van der Waals surface area contributed by atoms with E-state index >= 15 is 4.39 Å². The molecule has 0 unspecified atom stereocenters. The summed E-state index contributed by atoms with van der Waals surface area (Å²) in [5.41, 5.74) is 10.2. The van der Waals surface area contributed by atoms with Gasteiger partial charge in [-0.25, -0.2) is 9.37 Å². The lowest BCUT2D eigenvalue weighted by molar-refractivity contribution is -0.101. The number of carbonyl (C=O) groups is 1. The Morgan fingerprint density at radius 1 is 0.907 bits per heavy atom. The Kier molecular flexibility index (Phi) is 11.4. The molecule has 0 radical (unpaired) electrons. The average Bonchev–Trinajstić information content (AvgIpc) is 3.19. The normalized spacial score (nSPS) is 16.2. The second kappa shape index (κ2) is 16.7. The third-order valence-corrected chi connectivity index (χ3v) is 9.79. The molecule has 11 nitrogen and oxygen atoms in total. The number of nitrogen functional groups attached to an aromatic ring is 1. The molecule has 54 heavy (non-hydrogen) atoms. The second-order valence-electron chi connectivity index (χ2n) is 13.7. The molecule has 1 atom stereocenters. The first kappa shape index (κ1) is 36.9. The first-order valence-electron chi connectivity index (χ1n) is 18.1. The van der Waals surface area contributed by atoms with Crippen molar-refractivity contribution in [2.45, 2.75) is 38.8 Å². The van der Waals surface area contributed by atoms with E-state index in [2.05, 4.69) is 9.97 Å². The number of anilines is 1. The number of nitrogens with zero attached hydrogens (tertiary/aromatic N) is 3. The fourth-order valence-corrected chi connectivity index (χ4v) is 6.77. The number of hydrogen-bond acceptors (Lipinski definition) is 10. The van der Waals surface area contributed by atoms with E-state index in [4.69, 9.17) is 29.4 Å². The highest BCUT2D eigenvalue weighted by molar-refractivity contribution is 5.98. The summed E-state index contributed by atoms with van der Waals surface area (Å²) in [4.78, 5) is 36.4. The number of Topliss-reactive ketones (excluding diaryl/α,β-unsaturated/α-hetero) is 1. The fourth-order valence-electron chi connectivity index (χ4n) is 6.77. The van der Waals surface area contributed by atoms with E-state index in [0.717, 1.165) is 24.0 Å². The van der Waals surface area contributed by atoms with Crippen LogP contribution in [0.1, 0.15) is 34.3 Å². The van der Waals surface area contributed by atoms with Gasteiger partial charge in [0.05, 0.1) is 43.8 Å². The molecular formula is C42H43FN4O7. The lowest BCUT2D eigenvalue weighted by Crippen LogP contribution is -2.33. The van der Waals surface area contributed by atoms with Gasteiger partial charge in [0.25, 0.3) is 0 Å². The number of methoxy groups -OCH3 is 1. The molecule has 0 spiro atoms. The van der Waals surface area contributed by atoms with Crippen LogP contribution in [-0.4, -0.2) is 73.2 Å². The molecule has 7 rings (SSSR count). The second-order valence-corrected chi connectivity index (χ2v) is 13.7. The summed E-state index contributed by atoms with van der Waals surface area (Å²) in [5.74, 6) is 0.574. The van der Waals surface area contributed by atoms with Crippen molar-refractivity contribution in [1.82, 2.24) is 14.5 Å². The van der Waals surface area contributed by atoms with Gasteiger partial charge in [-0.15, -0.1) is 0 Å². The molecule has 2 aliphatic heterocycles. The zero-order valence-corrected chi connectivity index (χ0v) is 30.4. The number of aromatic nitrogens is 3. The fraction of sp³-hybridized carbons (Fsp3) is 0.333. The first-order chi connectivity index (χ1) is 26.2. The number of ether oxygens (including phenoxy) is 5. The Hall–Kier alpha value is -5.43. The van der Waals surface area contributed by atoms with E-state index < -0.39 is 17.0 Å². The number of pyridine rings is 3. The first-order valence-corrected chi connectivity index (χ1v) is 18.1. The Bertz CT molecular complexity index is 2180. The largest absolute Gasteiger partial charge is 0.493 e. The summed E-state index contributed by atoms with van der Waals surface area (Å²) in [6.07, 6.45) is 8.15. The minimum absolute atomic E-state index is 0.0377. The maximum atomic E-state index is 15.9. The van der Waals surface area contributed by atoms with Crippen molar-refractivity contribution in [2.75, 3.05) is 52.5 Å². The van der Waals surface area contributed by atoms with Gasteiger partial charge in [0.1, 0.15) is 24.3 Å². The summed E-state index contributed by atoms with van der Waals surface area (Å²) in [7, 11) is 1.56. The molecule has 5 heterocycles. The zero-order chi connectivity index (χ0) is 37.6. The van der Waals surface area contributed by atoms with Gasteiger partial charge in [-0.05, 0) is 72.7 Å². The number of halogens is 1. The highest BCUT2D eigenvalue weighted by atomic mass is 19.1. The summed E-state index contributed by atoms with van der Waals surface area (Å²) in [6.45, 7) is 5.80. The molecule has 2 saturated heterocycles. The van der Waals surface area contributed by atoms with Crippen LogP contribution in [-0.2, 0) is 27.2 Å². The minimum Gasteiger partial charge on any atom is -0.493 e. The van der Waals surface area contributed by atoms with Gasteiger partial charge in [-0.2, -0.15) is 0 Å². The maximum Gasteiger partial charge on any atom is 0.201 e. The van der Waals surface area contributed by atoms with Crippen molar-refractivity contribution in [3.63, 3.8) is 0 Å². The molecule has 0 amide bonds. The summed E-state index contributed by atoms with van der Waals surface area (Å²) < 4.78 is 46.0. The lowest BCUT2D eigenvalue weighted by atomic mass is 9.96. The van der Waals surface area contributed by atoms with Gasteiger partial charge < -0.3 is 34.0 Å². The Balaban J connectivity index is 1.12. The van der Waals surface area contributed by atoms with Crippen molar-refractivity contribution in [1.29, 1.82) is 0 Å². The minimum atomic E-state index is -0.573. The Labute approximate surface area is 312 Å². The predicted molar refractivity (Wildman–Crippen MR) is 202 cm³/mol. The number of hydrogen-bond donors (Lipinski definition) is 1. The number of aryl methyl sites for hydroxylation is 1. The van der Waals surface area contributed by atoms with Gasteiger partial charge in [-0.1, -0.05) is 24.3 Å². The summed E-state index contributed by atoms with van der Waals surface area (Å²) in [5, 5.41) is 0. The maximum absolute atomic E-state index is 15.9. The third-order valence-electron chi connectivity index (χ3n) is 9.79. The lowest BCUT2D eigenvalue weighted by Gasteiger charge is -2.23. The molecule has 2 N–H and O–H groups in total. The van der Waals surface area contributed by atoms with Crippen LogP contribution >= 0.6 is 0 Å². The van der Waals surface area contributed by atoms with Gasteiger partial charge in [0, 0.05) is 67.7 Å². The van der Waals surface area contributed by atoms with Crippen molar-refractivity contribution < 1.29 is 32.9 Å². The molecule has 5 aromatic rings. The Morgan fingerprint density at radius 2 is 1.76 bits per heavy atom. The SMILES string of the molecule is COc1cc(-c2cnc(N)c(-c3ccc(CC(=O)c4cn(CC5CCOCC5)cc(-c5ccc(C)cn5)c4=O)cc3F)c2)ccc1OC[C@H]1COCCO1. The highest BCUT2D eigenvalue weighted by Gasteiger charge is 2.22. The molecule has 280 valence electrons. The average molecular weight is 735 g/mol. The predicted octanol–water partition coefficient (Wildman–Crippen LogP) is 6.32. The van der Waals surface area contributed by atoms with E-state index in [1.165, 1.54) is 6.07 Å². The molecule has 2 aliphatic rings. The van der Waals surface area contributed by atoms with Crippen molar-refractivity contribution >= 4 is 11.6 Å². The van der Waals surface area contributed by atoms with Crippen molar-refractivity contribution in [3.05, 3.63) is 112 Å². The smallest absolute Gasteiger partial charge is 0.201 e. The van der Waals surface area contributed by atoms with E-state index in [0.29, 0.717) is 91.6 Å². The molecule has 2 fully saturated rings. The molecule has 0 aliphatic carbocycles. The summed E-state index contributed by atoms with van der Waals surface area (Å²) in [6, 6.07) is 15.5. The van der Waals surface area contributed by atoms with Gasteiger partial charge >= 0.3 is 0 Å². The molecule has 12 heteroatoms. The Morgan fingerprint density at radius 3 is 2.50 bits per heavy atom. The van der Waals surface area contributed by atoms with Gasteiger partial charge in [-0.3, -0.25) is 14.6 Å². The molecule has 0 saturated carbocycles. The number of benzene rings is 2. The number of nitrogens with two attached hydrogens (primary N) is 1.